The standard InChI is InChI=1S/C2H5ClO4S.H3N/c3-1-2-7-8(4,5)6;/h1-2H2,(H,4,5,6);1H3. The Kier molecular flexibility index (Phi) is 6.52. The molecule has 7 heteroatoms. The lowest BCUT2D eigenvalue weighted by Crippen LogP contribution is -2.05. The van der Waals surface area contributed by atoms with E-state index in [1.54, 1.807) is 0 Å². The van der Waals surface area contributed by atoms with Crippen molar-refractivity contribution < 1.29 is 17.2 Å². The first-order valence-corrected chi connectivity index (χ1v) is 3.59. The van der Waals surface area contributed by atoms with E-state index in [9.17, 15) is 13.0 Å². The van der Waals surface area contributed by atoms with Gasteiger partial charge in [0.05, 0.1) is 6.61 Å². The molecular weight excluding hydrogens is 170 g/mol. The quantitative estimate of drug-likeness (QED) is 0.375. The normalized spacial score (nSPS) is 10.4. The summed E-state index contributed by atoms with van der Waals surface area (Å²) in [7, 11) is -4.52. The fourth-order valence-electron chi connectivity index (χ4n) is 0.134. The van der Waals surface area contributed by atoms with Crippen molar-refractivity contribution in [2.45, 2.75) is 0 Å². The molecule has 0 heterocycles. The zero-order valence-electron chi connectivity index (χ0n) is 4.83. The van der Waals surface area contributed by atoms with Crippen LogP contribution in [0.25, 0.3) is 0 Å². The maximum absolute atomic E-state index is 9.55. The number of hydrogen-bond donors (Lipinski definition) is 1. The summed E-state index contributed by atoms with van der Waals surface area (Å²) < 4.78 is 32.3. The molecule has 0 aromatic heterocycles. The third-order valence-electron chi connectivity index (χ3n) is 0.305. The van der Waals surface area contributed by atoms with E-state index >= 15 is 0 Å². The topological polar surface area (TPSA) is 103 Å². The van der Waals surface area contributed by atoms with Gasteiger partial charge in [-0.1, -0.05) is 0 Å². The van der Waals surface area contributed by atoms with Crippen molar-refractivity contribution in [1.29, 1.82) is 0 Å². The molecule has 5 nitrogen and oxygen atoms in total. The van der Waals surface area contributed by atoms with Crippen molar-refractivity contribution in [3.8, 4) is 0 Å². The Labute approximate surface area is 58.5 Å². The highest BCUT2D eigenvalue weighted by molar-refractivity contribution is 7.80. The minimum atomic E-state index is -4.52. The molecule has 0 unspecified atom stereocenters. The van der Waals surface area contributed by atoms with E-state index in [4.69, 9.17) is 11.6 Å². The predicted molar refractivity (Wildman–Crippen MR) is 32.4 cm³/mol. The molecular formula is C2H8ClNO4S. The molecule has 58 valence electrons. The Morgan fingerprint density at radius 2 is 2.00 bits per heavy atom. The summed E-state index contributed by atoms with van der Waals surface area (Å²) >= 11 is 4.98. The van der Waals surface area contributed by atoms with E-state index < -0.39 is 10.4 Å². The molecule has 0 aromatic rings. The Morgan fingerprint density at radius 3 is 2.11 bits per heavy atom. The number of alkyl halides is 1. The van der Waals surface area contributed by atoms with Gasteiger partial charge in [-0.15, -0.1) is 11.6 Å². The smallest absolute Gasteiger partial charge is 0.217 e. The molecule has 0 saturated heterocycles. The van der Waals surface area contributed by atoms with Crippen molar-refractivity contribution in [2.75, 3.05) is 12.5 Å². The SMILES string of the molecule is O=S(=O)([O-])OCCCl.[NH4+]. The van der Waals surface area contributed by atoms with Crippen molar-refractivity contribution in [3.63, 3.8) is 0 Å². The van der Waals surface area contributed by atoms with Gasteiger partial charge in [-0.2, -0.15) is 0 Å². The summed E-state index contributed by atoms with van der Waals surface area (Å²) in [5, 5.41) is 0. The molecule has 0 aliphatic carbocycles. The second-order valence-electron chi connectivity index (χ2n) is 0.919. The van der Waals surface area contributed by atoms with Gasteiger partial charge in [0, 0.05) is 5.88 Å². The van der Waals surface area contributed by atoms with Gasteiger partial charge in [0.1, 0.15) is 0 Å². The first kappa shape index (κ1) is 11.9. The lowest BCUT2D eigenvalue weighted by Gasteiger charge is -2.03. The zero-order valence-corrected chi connectivity index (χ0v) is 6.41. The summed E-state index contributed by atoms with van der Waals surface area (Å²) in [6, 6.07) is 0. The average molecular weight is 178 g/mol. The van der Waals surface area contributed by atoms with Gasteiger partial charge in [0.15, 0.2) is 0 Å². The van der Waals surface area contributed by atoms with Crippen LogP contribution in [0.2, 0.25) is 0 Å². The number of rotatable bonds is 3. The number of quaternary nitrogens is 1. The van der Waals surface area contributed by atoms with Crippen LogP contribution < -0.4 is 6.15 Å². The van der Waals surface area contributed by atoms with Crippen molar-refractivity contribution in [1.82, 2.24) is 6.15 Å². The minimum Gasteiger partial charge on any atom is -0.726 e. The molecule has 0 bridgehead atoms. The Balaban J connectivity index is 0. The molecule has 0 radical (unpaired) electrons. The van der Waals surface area contributed by atoms with Gasteiger partial charge in [-0.25, -0.2) is 8.42 Å². The van der Waals surface area contributed by atoms with Gasteiger partial charge in [0.2, 0.25) is 10.4 Å². The zero-order chi connectivity index (χ0) is 6.62. The van der Waals surface area contributed by atoms with Gasteiger partial charge < -0.3 is 10.7 Å². The fourth-order valence-corrected chi connectivity index (χ4v) is 0.590. The molecule has 0 aliphatic rings. The maximum Gasteiger partial charge on any atom is 0.217 e. The Bertz CT molecular complexity index is 143. The third kappa shape index (κ3) is 11.6. The van der Waals surface area contributed by atoms with Gasteiger partial charge in [-0.05, 0) is 0 Å². The average Bonchev–Trinajstić information content (AvgIpc) is 1.59. The molecule has 0 amide bonds. The Hall–Kier alpha value is 0.120. The summed E-state index contributed by atoms with van der Waals surface area (Å²) in [6.07, 6.45) is 0. The summed E-state index contributed by atoms with van der Waals surface area (Å²) in [5.41, 5.74) is 0. The van der Waals surface area contributed by atoms with Crippen molar-refractivity contribution in [2.24, 2.45) is 0 Å². The first-order valence-electron chi connectivity index (χ1n) is 1.72. The van der Waals surface area contributed by atoms with Crippen LogP contribution in [0, 0.1) is 0 Å². The van der Waals surface area contributed by atoms with Crippen LogP contribution >= 0.6 is 11.6 Å². The summed E-state index contributed by atoms with van der Waals surface area (Å²) in [4.78, 5) is 0. The van der Waals surface area contributed by atoms with Crippen molar-refractivity contribution in [3.05, 3.63) is 0 Å². The van der Waals surface area contributed by atoms with Gasteiger partial charge in [-0.3, -0.25) is 4.18 Å². The lowest BCUT2D eigenvalue weighted by atomic mass is 10.9. The molecule has 0 aromatic carbocycles. The van der Waals surface area contributed by atoms with E-state index in [1.165, 1.54) is 0 Å². The summed E-state index contributed by atoms with van der Waals surface area (Å²) in [6.45, 7) is -0.257. The van der Waals surface area contributed by atoms with Crippen LogP contribution in [-0.4, -0.2) is 25.5 Å². The van der Waals surface area contributed by atoms with Gasteiger partial charge >= 0.3 is 0 Å². The molecule has 9 heavy (non-hydrogen) atoms. The summed E-state index contributed by atoms with van der Waals surface area (Å²) in [5.74, 6) is 0.00146. The van der Waals surface area contributed by atoms with E-state index in [0.717, 1.165) is 0 Å². The number of hydrogen-bond acceptors (Lipinski definition) is 4. The first-order chi connectivity index (χ1) is 3.56. The highest BCUT2D eigenvalue weighted by Crippen LogP contribution is 1.85. The Morgan fingerprint density at radius 1 is 1.56 bits per heavy atom. The fraction of sp³-hybridized carbons (Fsp3) is 1.00. The third-order valence-corrected chi connectivity index (χ3v) is 0.914. The van der Waals surface area contributed by atoms with E-state index in [1.807, 2.05) is 0 Å². The molecule has 0 fully saturated rings. The van der Waals surface area contributed by atoms with E-state index in [2.05, 4.69) is 4.18 Å². The van der Waals surface area contributed by atoms with Gasteiger partial charge in [0.25, 0.3) is 0 Å². The predicted octanol–water partition coefficient (Wildman–Crippen LogP) is 0.0782. The van der Waals surface area contributed by atoms with Crippen LogP contribution in [0.15, 0.2) is 0 Å². The second-order valence-corrected chi connectivity index (χ2v) is 2.35. The molecule has 0 saturated carbocycles. The van der Waals surface area contributed by atoms with Crippen LogP contribution in [0.4, 0.5) is 0 Å². The molecule has 0 rings (SSSR count). The number of halogens is 1. The highest BCUT2D eigenvalue weighted by Gasteiger charge is 1.89. The highest BCUT2D eigenvalue weighted by atomic mass is 35.5. The van der Waals surface area contributed by atoms with E-state index in [0.29, 0.717) is 0 Å². The van der Waals surface area contributed by atoms with Crippen LogP contribution in [0.5, 0.6) is 0 Å². The molecule has 0 spiro atoms. The van der Waals surface area contributed by atoms with Crippen molar-refractivity contribution >= 4 is 22.0 Å². The minimum absolute atomic E-state index is 0. The largest absolute Gasteiger partial charge is 0.726 e. The molecule has 4 N–H and O–H groups in total. The van der Waals surface area contributed by atoms with Crippen LogP contribution in [0.1, 0.15) is 0 Å². The maximum atomic E-state index is 9.55. The second kappa shape index (κ2) is 4.95. The monoisotopic (exact) mass is 177 g/mol. The van der Waals surface area contributed by atoms with Crippen LogP contribution in [0.3, 0.4) is 0 Å². The van der Waals surface area contributed by atoms with E-state index in [-0.39, 0.29) is 18.6 Å². The molecule has 0 atom stereocenters. The lowest BCUT2D eigenvalue weighted by molar-refractivity contribution is 0.276. The molecule has 0 aliphatic heterocycles. The van der Waals surface area contributed by atoms with Crippen LogP contribution in [-0.2, 0) is 14.6 Å².